The van der Waals surface area contributed by atoms with Gasteiger partial charge in [0.1, 0.15) is 19.3 Å². The van der Waals surface area contributed by atoms with Gasteiger partial charge in [-0.15, -0.1) is 0 Å². The van der Waals surface area contributed by atoms with Gasteiger partial charge in [0.15, 0.2) is 0 Å². The van der Waals surface area contributed by atoms with Crippen molar-refractivity contribution in [2.75, 3.05) is 40.9 Å². The van der Waals surface area contributed by atoms with Crippen molar-refractivity contribution in [3.63, 3.8) is 0 Å². The molecule has 9 nitrogen and oxygen atoms in total. The maximum atomic E-state index is 13.5. The van der Waals surface area contributed by atoms with E-state index in [0.29, 0.717) is 17.4 Å². The molecule has 0 heterocycles. The number of ether oxygens (including phenoxy) is 1. The number of hydrogen-bond donors (Lipinski definition) is 2. The summed E-state index contributed by atoms with van der Waals surface area (Å²) in [4.78, 5) is 37.6. The highest BCUT2D eigenvalue weighted by atomic mass is 31.2. The summed E-state index contributed by atoms with van der Waals surface area (Å²) in [5.41, 5.74) is 0. The van der Waals surface area contributed by atoms with Gasteiger partial charge in [-0.05, 0) is 63.9 Å². The third-order valence-electron chi connectivity index (χ3n) is 13.1. The molecule has 69 heavy (non-hydrogen) atoms. The Bertz CT molecular complexity index is 1280. The fraction of sp³-hybridized carbons (Fsp3) is 0.864. The summed E-state index contributed by atoms with van der Waals surface area (Å²) < 4.78 is 30.6. The first-order valence-corrected chi connectivity index (χ1v) is 30.8. The number of hydrogen-bond acceptors (Lipinski definition) is 6. The number of nitrogens with one attached hydrogen (secondary N) is 1. The van der Waals surface area contributed by atoms with E-state index in [1.165, 1.54) is 180 Å². The number of allylic oxidation sites excluding steroid dienone is 5. The second-order valence-electron chi connectivity index (χ2n) is 21.2. The summed E-state index contributed by atoms with van der Waals surface area (Å²) in [5.74, 6) is -0.501. The van der Waals surface area contributed by atoms with Gasteiger partial charge in [-0.3, -0.25) is 18.6 Å². The van der Waals surface area contributed by atoms with E-state index >= 15 is 0 Å². The molecular formula is C59H114N2O7P+. The minimum absolute atomic E-state index is 0.0416. The topological polar surface area (TPSA) is 111 Å². The first-order chi connectivity index (χ1) is 33.4. The van der Waals surface area contributed by atoms with E-state index < -0.39 is 20.0 Å². The molecule has 0 radical (unpaired) electrons. The van der Waals surface area contributed by atoms with Gasteiger partial charge in [-0.1, -0.05) is 237 Å². The molecule has 2 N–H and O–H groups in total. The van der Waals surface area contributed by atoms with Crippen LogP contribution in [0.25, 0.3) is 0 Å². The zero-order chi connectivity index (χ0) is 50.8. The standard InChI is InChI=1S/C59H113N2O7P/c1-7-10-13-16-19-22-25-27-28-29-30-31-32-34-37-40-43-46-49-52-59(63)68-57(50-47-44-41-38-35-24-21-18-15-12-9-3)56(55-67-69(64,65)66-54-53-61(4,5)6)60-58(62)51-48-45-42-39-36-33-26-23-20-17-14-11-8-2/h19,22,27-28,47,50,56-57H,7-18,20-21,23-26,29-46,48-49,51-55H2,1-6H3,(H-,60,62,64,65)/p+1/b22-19-,28-27-,50-47+. The Labute approximate surface area is 427 Å². The van der Waals surface area contributed by atoms with Crippen LogP contribution in [0, 0.1) is 0 Å². The lowest BCUT2D eigenvalue weighted by molar-refractivity contribution is -0.870. The molecule has 0 aliphatic rings. The smallest absolute Gasteiger partial charge is 0.456 e. The van der Waals surface area contributed by atoms with Gasteiger partial charge in [-0.2, -0.15) is 0 Å². The van der Waals surface area contributed by atoms with Crippen molar-refractivity contribution in [2.24, 2.45) is 0 Å². The number of phosphoric acid groups is 1. The van der Waals surface area contributed by atoms with E-state index in [1.807, 2.05) is 33.3 Å². The first-order valence-electron chi connectivity index (χ1n) is 29.3. The van der Waals surface area contributed by atoms with Gasteiger partial charge in [0, 0.05) is 12.8 Å². The van der Waals surface area contributed by atoms with Crippen LogP contribution in [0.2, 0.25) is 0 Å². The second kappa shape index (κ2) is 49.8. The quantitative estimate of drug-likeness (QED) is 0.0205. The SMILES string of the molecule is CCCCC/C=C\C/C=C\CCCCCCCCCCCC(=O)OC(/C=C/CCCCCCCCCCC)C(COP(=O)(O)OCC[N+](C)(C)C)NC(=O)CCCCCCCCCCCCCCC. The zero-order valence-electron chi connectivity index (χ0n) is 46.3. The molecule has 3 atom stereocenters. The van der Waals surface area contributed by atoms with Crippen molar-refractivity contribution >= 4 is 19.7 Å². The molecule has 0 saturated carbocycles. The predicted molar refractivity (Wildman–Crippen MR) is 296 cm³/mol. The minimum Gasteiger partial charge on any atom is -0.456 e. The minimum atomic E-state index is -4.44. The average molecular weight is 995 g/mol. The molecule has 0 bridgehead atoms. The molecular weight excluding hydrogens is 880 g/mol. The molecule has 0 spiro atoms. The normalized spacial score (nSPS) is 14.0. The van der Waals surface area contributed by atoms with E-state index in [9.17, 15) is 19.0 Å². The maximum Gasteiger partial charge on any atom is 0.472 e. The van der Waals surface area contributed by atoms with Gasteiger partial charge in [0.2, 0.25) is 5.91 Å². The molecule has 0 aromatic heterocycles. The second-order valence-corrected chi connectivity index (χ2v) is 22.6. The van der Waals surface area contributed by atoms with Gasteiger partial charge < -0.3 is 19.4 Å². The fourth-order valence-electron chi connectivity index (χ4n) is 8.50. The lowest BCUT2D eigenvalue weighted by atomic mass is 10.0. The number of likely N-dealkylation sites (N-methyl/N-ethyl adjacent to an activating group) is 1. The van der Waals surface area contributed by atoms with E-state index in [1.54, 1.807) is 0 Å². The lowest BCUT2D eigenvalue weighted by Gasteiger charge is -2.27. The number of carbonyl (C=O) groups is 2. The van der Waals surface area contributed by atoms with Gasteiger partial charge in [-0.25, -0.2) is 4.57 Å². The zero-order valence-corrected chi connectivity index (χ0v) is 47.2. The number of nitrogens with zero attached hydrogens (tertiary/aromatic N) is 1. The van der Waals surface area contributed by atoms with Crippen LogP contribution in [0.1, 0.15) is 278 Å². The van der Waals surface area contributed by atoms with Crippen LogP contribution in [0.4, 0.5) is 0 Å². The first kappa shape index (κ1) is 67.2. The van der Waals surface area contributed by atoms with E-state index in [2.05, 4.69) is 50.4 Å². The highest BCUT2D eigenvalue weighted by Crippen LogP contribution is 2.43. The number of phosphoric ester groups is 1. The Balaban J connectivity index is 5.25. The number of amides is 1. The monoisotopic (exact) mass is 994 g/mol. The van der Waals surface area contributed by atoms with Crippen LogP contribution in [-0.2, 0) is 27.9 Å². The Morgan fingerprint density at radius 2 is 0.884 bits per heavy atom. The molecule has 0 aromatic carbocycles. The van der Waals surface area contributed by atoms with Gasteiger partial charge in [0.25, 0.3) is 0 Å². The lowest BCUT2D eigenvalue weighted by Crippen LogP contribution is -2.47. The summed E-state index contributed by atoms with van der Waals surface area (Å²) in [7, 11) is 1.50. The van der Waals surface area contributed by atoms with Crippen molar-refractivity contribution in [2.45, 2.75) is 290 Å². The van der Waals surface area contributed by atoms with Crippen LogP contribution in [0.3, 0.4) is 0 Å². The van der Waals surface area contributed by atoms with Crippen LogP contribution < -0.4 is 5.32 Å². The summed E-state index contributed by atoms with van der Waals surface area (Å²) >= 11 is 0. The van der Waals surface area contributed by atoms with Crippen LogP contribution in [-0.4, -0.2) is 74.3 Å². The van der Waals surface area contributed by atoms with Crippen molar-refractivity contribution < 1.29 is 37.3 Å². The highest BCUT2D eigenvalue weighted by molar-refractivity contribution is 7.47. The Morgan fingerprint density at radius 3 is 1.33 bits per heavy atom. The molecule has 0 fully saturated rings. The van der Waals surface area contributed by atoms with E-state index in [0.717, 1.165) is 64.2 Å². The molecule has 0 aliphatic heterocycles. The molecule has 0 aliphatic carbocycles. The number of carbonyl (C=O) groups excluding carboxylic acids is 2. The summed E-state index contributed by atoms with van der Waals surface area (Å²) in [6.07, 6.45) is 58.4. The molecule has 0 rings (SSSR count). The number of esters is 1. The number of unbranched alkanes of at least 4 members (excludes halogenated alkanes) is 33. The third kappa shape index (κ3) is 51.0. The highest BCUT2D eigenvalue weighted by Gasteiger charge is 2.30. The molecule has 10 heteroatoms. The fourth-order valence-corrected chi connectivity index (χ4v) is 9.24. The van der Waals surface area contributed by atoms with Crippen LogP contribution >= 0.6 is 7.82 Å². The molecule has 1 amide bonds. The van der Waals surface area contributed by atoms with Crippen molar-refractivity contribution in [1.82, 2.24) is 5.32 Å². The van der Waals surface area contributed by atoms with Crippen molar-refractivity contribution in [1.29, 1.82) is 0 Å². The van der Waals surface area contributed by atoms with E-state index in [-0.39, 0.29) is 31.5 Å². The Kier molecular flexibility index (Phi) is 48.5. The Hall–Kier alpha value is -1.77. The number of rotatable bonds is 53. The average Bonchev–Trinajstić information content (AvgIpc) is 3.31. The van der Waals surface area contributed by atoms with Crippen molar-refractivity contribution in [3.05, 3.63) is 36.5 Å². The predicted octanol–water partition coefficient (Wildman–Crippen LogP) is 17.6. The maximum absolute atomic E-state index is 13.5. The number of quaternary nitrogens is 1. The summed E-state index contributed by atoms with van der Waals surface area (Å²) in [5, 5.41) is 3.05. The molecule has 0 aromatic rings. The molecule has 3 unspecified atom stereocenters. The van der Waals surface area contributed by atoms with E-state index in [4.69, 9.17) is 13.8 Å². The summed E-state index contributed by atoms with van der Waals surface area (Å²) in [6.45, 7) is 7.00. The van der Waals surface area contributed by atoms with Crippen LogP contribution in [0.15, 0.2) is 36.5 Å². The molecule has 0 saturated heterocycles. The van der Waals surface area contributed by atoms with Crippen LogP contribution in [0.5, 0.6) is 0 Å². The molecule has 406 valence electrons. The van der Waals surface area contributed by atoms with Gasteiger partial charge >= 0.3 is 13.8 Å². The van der Waals surface area contributed by atoms with Gasteiger partial charge in [0.05, 0.1) is 33.8 Å². The van der Waals surface area contributed by atoms with Crippen molar-refractivity contribution in [3.8, 4) is 0 Å². The third-order valence-corrected chi connectivity index (χ3v) is 14.1. The Morgan fingerprint density at radius 1 is 0.507 bits per heavy atom. The summed E-state index contributed by atoms with van der Waals surface area (Å²) in [6, 6.07) is -0.844. The largest absolute Gasteiger partial charge is 0.472 e.